The van der Waals surface area contributed by atoms with Crippen LogP contribution in [0.25, 0.3) is 0 Å². The van der Waals surface area contributed by atoms with Crippen LogP contribution in [0.5, 0.6) is 0 Å². The van der Waals surface area contributed by atoms with Gasteiger partial charge in [0, 0.05) is 12.1 Å². The first-order valence-electron chi connectivity index (χ1n) is 9.45. The molecule has 2 heteroatoms. The minimum absolute atomic E-state index is 0.410. The van der Waals surface area contributed by atoms with Crippen LogP contribution in [0.2, 0.25) is 0 Å². The minimum Gasteiger partial charge on any atom is -0.328 e. The lowest BCUT2D eigenvalue weighted by Crippen LogP contribution is -2.48. The zero-order chi connectivity index (χ0) is 15.6. The highest BCUT2D eigenvalue weighted by molar-refractivity contribution is 4.98. The molecule has 2 unspecified atom stereocenters. The molecule has 0 aromatic rings. The van der Waals surface area contributed by atoms with E-state index >= 15 is 0 Å². The Bertz CT molecular complexity index is 304. The standard InChI is InChI=1S/C19H38N2/c1-5-19(6-2,15-7-9-17(20)10-8-15)16-11-13(3)18(21)14(4)12-16/h13-18H,5-12,20-21H2,1-4H3. The van der Waals surface area contributed by atoms with Crippen LogP contribution in [-0.2, 0) is 0 Å². The first-order chi connectivity index (χ1) is 9.94. The van der Waals surface area contributed by atoms with E-state index in [1.807, 2.05) is 0 Å². The van der Waals surface area contributed by atoms with Crippen LogP contribution in [0.15, 0.2) is 0 Å². The highest BCUT2D eigenvalue weighted by Crippen LogP contribution is 2.54. The van der Waals surface area contributed by atoms with Crippen molar-refractivity contribution in [1.82, 2.24) is 0 Å². The van der Waals surface area contributed by atoms with E-state index in [1.165, 1.54) is 51.4 Å². The Hall–Kier alpha value is -0.0800. The van der Waals surface area contributed by atoms with E-state index in [0.29, 0.717) is 29.3 Å². The Morgan fingerprint density at radius 2 is 1.29 bits per heavy atom. The fraction of sp³-hybridized carbons (Fsp3) is 1.00. The van der Waals surface area contributed by atoms with Gasteiger partial charge in [0.25, 0.3) is 0 Å². The summed E-state index contributed by atoms with van der Waals surface area (Å²) in [4.78, 5) is 0. The van der Waals surface area contributed by atoms with E-state index in [1.54, 1.807) is 0 Å². The topological polar surface area (TPSA) is 52.0 Å². The summed E-state index contributed by atoms with van der Waals surface area (Å²) in [7, 11) is 0. The molecular formula is C19H38N2. The number of rotatable bonds is 4. The summed E-state index contributed by atoms with van der Waals surface area (Å²) in [5, 5.41) is 0. The Morgan fingerprint density at radius 1 is 0.810 bits per heavy atom. The Morgan fingerprint density at radius 3 is 1.71 bits per heavy atom. The van der Waals surface area contributed by atoms with Gasteiger partial charge in [0.15, 0.2) is 0 Å². The molecule has 2 nitrogen and oxygen atoms in total. The van der Waals surface area contributed by atoms with Gasteiger partial charge in [-0.3, -0.25) is 0 Å². The van der Waals surface area contributed by atoms with Gasteiger partial charge in [-0.05, 0) is 80.5 Å². The maximum absolute atomic E-state index is 6.39. The number of hydrogen-bond donors (Lipinski definition) is 2. The van der Waals surface area contributed by atoms with Crippen LogP contribution in [0.4, 0.5) is 0 Å². The molecule has 2 aliphatic carbocycles. The third-order valence-electron chi connectivity index (χ3n) is 7.34. The first kappa shape index (κ1) is 17.3. The Balaban J connectivity index is 2.17. The van der Waals surface area contributed by atoms with Crippen molar-refractivity contribution in [2.45, 2.75) is 91.1 Å². The molecule has 124 valence electrons. The highest BCUT2D eigenvalue weighted by atomic mass is 14.7. The summed E-state index contributed by atoms with van der Waals surface area (Å²) >= 11 is 0. The predicted octanol–water partition coefficient (Wildman–Crippen LogP) is 4.32. The molecule has 2 rings (SSSR count). The molecule has 0 aromatic heterocycles. The average Bonchev–Trinajstić information content (AvgIpc) is 2.48. The van der Waals surface area contributed by atoms with Crippen molar-refractivity contribution >= 4 is 0 Å². The third-order valence-corrected chi connectivity index (χ3v) is 7.34. The molecule has 2 fully saturated rings. The lowest BCUT2D eigenvalue weighted by atomic mass is 9.53. The van der Waals surface area contributed by atoms with Gasteiger partial charge in [0.1, 0.15) is 0 Å². The van der Waals surface area contributed by atoms with Crippen molar-refractivity contribution in [3.63, 3.8) is 0 Å². The monoisotopic (exact) mass is 294 g/mol. The van der Waals surface area contributed by atoms with E-state index in [2.05, 4.69) is 27.7 Å². The molecule has 2 atom stereocenters. The van der Waals surface area contributed by atoms with Gasteiger partial charge in [-0.2, -0.15) is 0 Å². The van der Waals surface area contributed by atoms with Crippen LogP contribution in [0, 0.1) is 29.1 Å². The third kappa shape index (κ3) is 3.32. The minimum atomic E-state index is 0.410. The molecular weight excluding hydrogens is 256 g/mol. The molecule has 0 heterocycles. The van der Waals surface area contributed by atoms with E-state index < -0.39 is 0 Å². The quantitative estimate of drug-likeness (QED) is 0.811. The van der Waals surface area contributed by atoms with Crippen molar-refractivity contribution in [3.8, 4) is 0 Å². The van der Waals surface area contributed by atoms with Crippen LogP contribution < -0.4 is 11.5 Å². The predicted molar refractivity (Wildman–Crippen MR) is 92.0 cm³/mol. The molecule has 0 saturated heterocycles. The Kier molecular flexibility index (Phi) is 5.76. The molecule has 0 bridgehead atoms. The summed E-state index contributed by atoms with van der Waals surface area (Å²) in [5.41, 5.74) is 13.1. The largest absolute Gasteiger partial charge is 0.328 e. The van der Waals surface area contributed by atoms with E-state index in [-0.39, 0.29) is 0 Å². The van der Waals surface area contributed by atoms with Crippen molar-refractivity contribution in [2.24, 2.45) is 40.6 Å². The average molecular weight is 295 g/mol. The fourth-order valence-corrected chi connectivity index (χ4v) is 5.77. The normalized spacial score (nSPS) is 42.0. The van der Waals surface area contributed by atoms with Crippen LogP contribution in [0.3, 0.4) is 0 Å². The van der Waals surface area contributed by atoms with E-state index in [4.69, 9.17) is 11.5 Å². The van der Waals surface area contributed by atoms with Gasteiger partial charge in [-0.25, -0.2) is 0 Å². The lowest BCUT2D eigenvalue weighted by molar-refractivity contribution is -0.0151. The number of nitrogens with two attached hydrogens (primary N) is 2. The highest BCUT2D eigenvalue weighted by Gasteiger charge is 2.46. The summed E-state index contributed by atoms with van der Waals surface area (Å²) in [5.74, 6) is 3.13. The maximum Gasteiger partial charge on any atom is 0.00905 e. The van der Waals surface area contributed by atoms with Crippen molar-refractivity contribution in [2.75, 3.05) is 0 Å². The van der Waals surface area contributed by atoms with E-state index in [9.17, 15) is 0 Å². The smallest absolute Gasteiger partial charge is 0.00905 e. The van der Waals surface area contributed by atoms with Crippen molar-refractivity contribution < 1.29 is 0 Å². The van der Waals surface area contributed by atoms with Gasteiger partial charge in [0.2, 0.25) is 0 Å². The zero-order valence-electron chi connectivity index (χ0n) is 14.8. The van der Waals surface area contributed by atoms with Gasteiger partial charge >= 0.3 is 0 Å². The second-order valence-corrected chi connectivity index (χ2v) is 8.25. The van der Waals surface area contributed by atoms with Crippen LogP contribution in [-0.4, -0.2) is 12.1 Å². The molecule has 0 radical (unpaired) electrons. The Labute approximate surface area is 132 Å². The molecule has 21 heavy (non-hydrogen) atoms. The summed E-state index contributed by atoms with van der Waals surface area (Å²) in [6.45, 7) is 9.62. The summed E-state index contributed by atoms with van der Waals surface area (Å²) in [6, 6.07) is 0.873. The molecule has 2 aliphatic rings. The van der Waals surface area contributed by atoms with E-state index in [0.717, 1.165) is 11.8 Å². The molecule has 0 aliphatic heterocycles. The van der Waals surface area contributed by atoms with Gasteiger partial charge in [-0.15, -0.1) is 0 Å². The molecule has 4 N–H and O–H groups in total. The zero-order valence-corrected chi connectivity index (χ0v) is 14.8. The molecule has 2 saturated carbocycles. The van der Waals surface area contributed by atoms with Crippen LogP contribution in [0.1, 0.15) is 79.1 Å². The van der Waals surface area contributed by atoms with Crippen molar-refractivity contribution in [3.05, 3.63) is 0 Å². The summed E-state index contributed by atoms with van der Waals surface area (Å²) in [6.07, 6.45) is 10.5. The first-order valence-corrected chi connectivity index (χ1v) is 9.45. The second kappa shape index (κ2) is 7.00. The van der Waals surface area contributed by atoms with Gasteiger partial charge < -0.3 is 11.5 Å². The maximum atomic E-state index is 6.39. The van der Waals surface area contributed by atoms with Gasteiger partial charge in [0.05, 0.1) is 0 Å². The second-order valence-electron chi connectivity index (χ2n) is 8.25. The van der Waals surface area contributed by atoms with Gasteiger partial charge in [-0.1, -0.05) is 27.7 Å². The summed E-state index contributed by atoms with van der Waals surface area (Å²) < 4.78 is 0. The SMILES string of the molecule is CCC(CC)(C1CCC(N)CC1)C1CC(C)C(N)C(C)C1. The van der Waals surface area contributed by atoms with Crippen molar-refractivity contribution in [1.29, 1.82) is 0 Å². The van der Waals surface area contributed by atoms with Crippen LogP contribution >= 0.6 is 0 Å². The molecule has 0 spiro atoms. The molecule has 0 amide bonds. The fourth-order valence-electron chi connectivity index (χ4n) is 5.77. The lowest BCUT2D eigenvalue weighted by Gasteiger charge is -2.52. The number of hydrogen-bond acceptors (Lipinski definition) is 2. The molecule has 0 aromatic carbocycles.